The van der Waals surface area contributed by atoms with Gasteiger partial charge in [-0.05, 0) is 24.4 Å². The van der Waals surface area contributed by atoms with Crippen molar-refractivity contribution in [1.29, 1.82) is 0 Å². The van der Waals surface area contributed by atoms with Crippen molar-refractivity contribution in [3.05, 3.63) is 5.28 Å². The van der Waals surface area contributed by atoms with Crippen LogP contribution in [0, 0.1) is 0 Å². The summed E-state index contributed by atoms with van der Waals surface area (Å²) in [7, 11) is 3.67. The fourth-order valence-corrected chi connectivity index (χ4v) is 2.23. The second kappa shape index (κ2) is 5.24. The molecule has 1 heterocycles. The van der Waals surface area contributed by atoms with E-state index in [0.29, 0.717) is 18.4 Å². The molecule has 0 saturated heterocycles. The minimum Gasteiger partial charge on any atom is -0.388 e. The monoisotopic (exact) mass is 271 g/mol. The first-order valence-corrected chi connectivity index (χ1v) is 6.41. The lowest BCUT2D eigenvalue weighted by Crippen LogP contribution is -2.34. The Balaban J connectivity index is 2.04. The Bertz CT molecular complexity index is 420. The van der Waals surface area contributed by atoms with Crippen LogP contribution in [0.25, 0.3) is 0 Å². The van der Waals surface area contributed by atoms with Crippen molar-refractivity contribution in [2.24, 2.45) is 0 Å². The highest BCUT2D eigenvalue weighted by atomic mass is 35.5. The van der Waals surface area contributed by atoms with E-state index in [0.717, 1.165) is 25.7 Å². The maximum atomic E-state index is 10.2. The summed E-state index contributed by atoms with van der Waals surface area (Å²) in [6.07, 6.45) is 3.77. The van der Waals surface area contributed by atoms with Crippen LogP contribution in [0.5, 0.6) is 0 Å². The maximum absolute atomic E-state index is 10.2. The molecule has 6 nitrogen and oxygen atoms in total. The first-order chi connectivity index (χ1) is 8.48. The van der Waals surface area contributed by atoms with E-state index in [1.165, 1.54) is 0 Å². The molecule has 0 bridgehead atoms. The molecule has 0 unspecified atom stereocenters. The molecule has 1 aromatic heterocycles. The minimum atomic E-state index is -0.641. The molecule has 0 radical (unpaired) electrons. The van der Waals surface area contributed by atoms with Crippen molar-refractivity contribution in [1.82, 2.24) is 15.0 Å². The second-order valence-electron chi connectivity index (χ2n) is 4.91. The first-order valence-electron chi connectivity index (χ1n) is 6.04. The highest BCUT2D eigenvalue weighted by Crippen LogP contribution is 2.29. The fraction of sp³-hybridized carbons (Fsp3) is 0.727. The van der Waals surface area contributed by atoms with E-state index < -0.39 is 5.60 Å². The maximum Gasteiger partial charge on any atom is 0.230 e. The lowest BCUT2D eigenvalue weighted by Gasteiger charge is -2.22. The number of halogens is 1. The third-order valence-corrected chi connectivity index (χ3v) is 3.28. The third-order valence-electron chi connectivity index (χ3n) is 3.11. The molecule has 1 aliphatic rings. The number of aromatic nitrogens is 3. The predicted molar refractivity (Wildman–Crippen MR) is 71.1 cm³/mol. The third kappa shape index (κ3) is 3.20. The van der Waals surface area contributed by atoms with E-state index >= 15 is 0 Å². The Morgan fingerprint density at radius 1 is 1.28 bits per heavy atom. The standard InChI is InChI=1S/C11H18ClN5O/c1-17(2)10-15-8(12)14-9(16-10)13-7-11(18)5-3-4-6-11/h18H,3-7H2,1-2H3,(H,13,14,15,16). The van der Waals surface area contributed by atoms with Crippen LogP contribution >= 0.6 is 11.6 Å². The summed E-state index contributed by atoms with van der Waals surface area (Å²) >= 11 is 5.83. The average Bonchev–Trinajstić information content (AvgIpc) is 2.73. The molecule has 1 aromatic rings. The number of rotatable bonds is 4. The Labute approximate surface area is 111 Å². The van der Waals surface area contributed by atoms with Crippen LogP contribution in [0.3, 0.4) is 0 Å². The van der Waals surface area contributed by atoms with Crippen LogP contribution in [0.1, 0.15) is 25.7 Å². The molecule has 0 amide bonds. The first kappa shape index (κ1) is 13.3. The fourth-order valence-electron chi connectivity index (χ4n) is 2.07. The van der Waals surface area contributed by atoms with Gasteiger partial charge in [0.05, 0.1) is 5.60 Å². The van der Waals surface area contributed by atoms with Crippen LogP contribution < -0.4 is 10.2 Å². The lowest BCUT2D eigenvalue weighted by molar-refractivity contribution is 0.0613. The zero-order chi connectivity index (χ0) is 13.2. The molecule has 2 N–H and O–H groups in total. The Morgan fingerprint density at radius 3 is 2.56 bits per heavy atom. The summed E-state index contributed by atoms with van der Waals surface area (Å²) in [5.41, 5.74) is -0.641. The van der Waals surface area contributed by atoms with Crippen LogP contribution in [0.4, 0.5) is 11.9 Å². The number of anilines is 2. The molecule has 2 rings (SSSR count). The SMILES string of the molecule is CN(C)c1nc(Cl)nc(NCC2(O)CCCC2)n1. The summed E-state index contributed by atoms with van der Waals surface area (Å²) in [6.45, 7) is 0.445. The Hall–Kier alpha value is -1.14. The van der Waals surface area contributed by atoms with E-state index in [1.807, 2.05) is 14.1 Å². The van der Waals surface area contributed by atoms with Gasteiger partial charge in [0.1, 0.15) is 0 Å². The molecule has 1 aliphatic carbocycles. The summed E-state index contributed by atoms with van der Waals surface area (Å²) < 4.78 is 0. The Morgan fingerprint density at radius 2 is 1.94 bits per heavy atom. The molecule has 18 heavy (non-hydrogen) atoms. The molecule has 0 atom stereocenters. The normalized spacial score (nSPS) is 17.8. The van der Waals surface area contributed by atoms with E-state index in [-0.39, 0.29) is 5.28 Å². The number of nitrogens with zero attached hydrogens (tertiary/aromatic N) is 4. The van der Waals surface area contributed by atoms with Gasteiger partial charge in [-0.3, -0.25) is 0 Å². The summed E-state index contributed by atoms with van der Waals surface area (Å²) in [5, 5.41) is 13.4. The smallest absolute Gasteiger partial charge is 0.230 e. The van der Waals surface area contributed by atoms with Crippen LogP contribution in [0.2, 0.25) is 5.28 Å². The zero-order valence-electron chi connectivity index (χ0n) is 10.6. The van der Waals surface area contributed by atoms with Gasteiger partial charge in [-0.25, -0.2) is 0 Å². The topological polar surface area (TPSA) is 74.2 Å². The molecule has 1 fully saturated rings. The summed E-state index contributed by atoms with van der Waals surface area (Å²) in [5.74, 6) is 0.898. The molecular formula is C11H18ClN5O. The van der Waals surface area contributed by atoms with Crippen LogP contribution in [-0.2, 0) is 0 Å². The molecule has 1 saturated carbocycles. The quantitative estimate of drug-likeness (QED) is 0.860. The van der Waals surface area contributed by atoms with Gasteiger partial charge in [0.2, 0.25) is 17.2 Å². The molecule has 0 aliphatic heterocycles. The summed E-state index contributed by atoms with van der Waals surface area (Å²) in [6, 6.07) is 0. The molecule has 0 aromatic carbocycles. The minimum absolute atomic E-state index is 0.148. The van der Waals surface area contributed by atoms with E-state index in [1.54, 1.807) is 4.90 Å². The molecular weight excluding hydrogens is 254 g/mol. The zero-order valence-corrected chi connectivity index (χ0v) is 11.4. The largest absolute Gasteiger partial charge is 0.388 e. The van der Waals surface area contributed by atoms with Crippen molar-refractivity contribution >= 4 is 23.5 Å². The van der Waals surface area contributed by atoms with Gasteiger partial charge in [-0.15, -0.1) is 0 Å². The van der Waals surface area contributed by atoms with Gasteiger partial charge in [0.15, 0.2) is 0 Å². The van der Waals surface area contributed by atoms with Crippen molar-refractivity contribution in [3.63, 3.8) is 0 Å². The molecule has 7 heteroatoms. The molecule has 100 valence electrons. The van der Waals surface area contributed by atoms with E-state index in [2.05, 4.69) is 20.3 Å². The van der Waals surface area contributed by atoms with Crippen LogP contribution in [0.15, 0.2) is 0 Å². The van der Waals surface area contributed by atoms with Gasteiger partial charge < -0.3 is 15.3 Å². The summed E-state index contributed by atoms with van der Waals surface area (Å²) in [4.78, 5) is 14.0. The second-order valence-corrected chi connectivity index (χ2v) is 5.25. The van der Waals surface area contributed by atoms with Gasteiger partial charge >= 0.3 is 0 Å². The highest BCUT2D eigenvalue weighted by Gasteiger charge is 2.31. The number of aliphatic hydroxyl groups is 1. The van der Waals surface area contributed by atoms with Crippen molar-refractivity contribution < 1.29 is 5.11 Å². The van der Waals surface area contributed by atoms with E-state index in [4.69, 9.17) is 11.6 Å². The van der Waals surface area contributed by atoms with Crippen molar-refractivity contribution in [3.8, 4) is 0 Å². The highest BCUT2D eigenvalue weighted by molar-refractivity contribution is 6.28. The Kier molecular flexibility index (Phi) is 3.87. The molecule has 0 spiro atoms. The van der Waals surface area contributed by atoms with Gasteiger partial charge in [-0.1, -0.05) is 12.8 Å². The number of hydrogen-bond donors (Lipinski definition) is 2. The number of hydrogen-bond acceptors (Lipinski definition) is 6. The van der Waals surface area contributed by atoms with Crippen molar-refractivity contribution in [2.75, 3.05) is 30.9 Å². The predicted octanol–water partition coefficient (Wildman–Crippen LogP) is 1.31. The lowest BCUT2D eigenvalue weighted by atomic mass is 10.0. The van der Waals surface area contributed by atoms with Gasteiger partial charge in [-0.2, -0.15) is 15.0 Å². The van der Waals surface area contributed by atoms with Gasteiger partial charge in [0.25, 0.3) is 0 Å². The number of nitrogens with one attached hydrogen (secondary N) is 1. The average molecular weight is 272 g/mol. The van der Waals surface area contributed by atoms with Crippen molar-refractivity contribution in [2.45, 2.75) is 31.3 Å². The van der Waals surface area contributed by atoms with E-state index in [9.17, 15) is 5.11 Å². The van der Waals surface area contributed by atoms with Gasteiger partial charge in [0, 0.05) is 20.6 Å². The van der Waals surface area contributed by atoms with Crippen LogP contribution in [-0.4, -0.2) is 46.3 Å².